The first-order chi connectivity index (χ1) is 5.45. The molecule has 2 aromatic heterocycles. The van der Waals surface area contributed by atoms with Crippen LogP contribution in [0.25, 0.3) is 0 Å². The summed E-state index contributed by atoms with van der Waals surface area (Å²) in [5.41, 5.74) is 0. The fourth-order valence-electron chi connectivity index (χ4n) is 0.856. The molecular weight excluding hydrogens is 139 g/mol. The number of aromatic nitrogens is 4. The molecule has 0 bridgehead atoms. The van der Waals surface area contributed by atoms with Crippen LogP contribution in [0, 0.1) is 0 Å². The monoisotopic (exact) mass is 146 g/mol. The highest BCUT2D eigenvalue weighted by Crippen LogP contribution is 1.76. The minimum Gasteiger partial charge on any atom is -0.243 e. The van der Waals surface area contributed by atoms with Crippen LogP contribution < -0.4 is 4.59 Å². The SMILES string of the molecule is [B](n1cccn1)[n+]1ccc[nH]1. The van der Waals surface area contributed by atoms with Crippen LogP contribution >= 0.6 is 0 Å². The molecule has 0 aliphatic carbocycles. The van der Waals surface area contributed by atoms with Crippen LogP contribution in [0.15, 0.2) is 36.9 Å². The number of hydrogen-bond donors (Lipinski definition) is 1. The van der Waals surface area contributed by atoms with Gasteiger partial charge in [-0.3, -0.25) is 0 Å². The summed E-state index contributed by atoms with van der Waals surface area (Å²) in [7, 11) is 1.83. The highest BCUT2D eigenvalue weighted by Gasteiger charge is 2.10. The maximum atomic E-state index is 4.01. The molecule has 1 radical (unpaired) electrons. The Morgan fingerprint density at radius 2 is 2.45 bits per heavy atom. The van der Waals surface area contributed by atoms with E-state index in [4.69, 9.17) is 0 Å². The van der Waals surface area contributed by atoms with Crippen LogP contribution in [-0.2, 0) is 0 Å². The first-order valence-electron chi connectivity index (χ1n) is 3.34. The molecule has 0 aromatic carbocycles. The third-order valence-electron chi connectivity index (χ3n) is 1.33. The van der Waals surface area contributed by atoms with E-state index in [1.807, 2.05) is 42.9 Å². The minimum absolute atomic E-state index is 1.72. The standard InChI is InChI=1S/C6H7BN4/c1-3-8-10(5-1)7-11-6-2-4-9-11/h1-6,8H/q+1. The van der Waals surface area contributed by atoms with E-state index in [0.29, 0.717) is 0 Å². The normalized spacial score (nSPS) is 9.82. The molecule has 0 saturated heterocycles. The van der Waals surface area contributed by atoms with Crippen molar-refractivity contribution < 1.29 is 4.59 Å². The predicted molar refractivity (Wildman–Crippen MR) is 39.8 cm³/mol. The van der Waals surface area contributed by atoms with Gasteiger partial charge in [-0.2, -0.15) is 14.8 Å². The summed E-state index contributed by atoms with van der Waals surface area (Å²) in [4.78, 5) is 0. The van der Waals surface area contributed by atoms with Gasteiger partial charge in [0.2, 0.25) is 0 Å². The maximum absolute atomic E-state index is 4.01. The molecule has 0 spiro atoms. The van der Waals surface area contributed by atoms with E-state index in [0.717, 1.165) is 0 Å². The van der Waals surface area contributed by atoms with Gasteiger partial charge in [-0.05, 0) is 6.07 Å². The molecule has 2 heterocycles. The van der Waals surface area contributed by atoms with E-state index in [9.17, 15) is 0 Å². The van der Waals surface area contributed by atoms with Crippen molar-refractivity contribution >= 4 is 7.55 Å². The molecule has 0 atom stereocenters. The lowest BCUT2D eigenvalue weighted by Gasteiger charge is -1.85. The second-order valence-electron chi connectivity index (χ2n) is 2.15. The van der Waals surface area contributed by atoms with Crippen LogP contribution in [0.1, 0.15) is 0 Å². The van der Waals surface area contributed by atoms with Gasteiger partial charge < -0.3 is 0 Å². The number of rotatable bonds is 2. The lowest BCUT2D eigenvalue weighted by molar-refractivity contribution is -0.595. The number of aromatic amines is 1. The zero-order valence-corrected chi connectivity index (χ0v) is 5.88. The lowest BCUT2D eigenvalue weighted by atomic mass is 10.2. The molecule has 0 amide bonds. The summed E-state index contributed by atoms with van der Waals surface area (Å²) in [5.74, 6) is 0. The van der Waals surface area contributed by atoms with Crippen LogP contribution in [0.5, 0.6) is 0 Å². The van der Waals surface area contributed by atoms with Crippen LogP contribution in [0.3, 0.4) is 0 Å². The van der Waals surface area contributed by atoms with Gasteiger partial charge in [0.1, 0.15) is 0 Å². The summed E-state index contributed by atoms with van der Waals surface area (Å²) in [5, 5.41) is 6.99. The van der Waals surface area contributed by atoms with Crippen molar-refractivity contribution in [1.82, 2.24) is 14.8 Å². The van der Waals surface area contributed by atoms with Crippen LogP contribution in [0.2, 0.25) is 0 Å². The first kappa shape index (κ1) is 6.21. The molecule has 4 nitrogen and oxygen atoms in total. The van der Waals surface area contributed by atoms with Crippen molar-refractivity contribution in [3.05, 3.63) is 36.9 Å². The molecule has 0 aliphatic heterocycles. The molecule has 53 valence electrons. The molecular formula is C6H7BN4+. The van der Waals surface area contributed by atoms with Crippen molar-refractivity contribution in [1.29, 1.82) is 0 Å². The number of hydrogen-bond acceptors (Lipinski definition) is 1. The Balaban J connectivity index is 2.14. The molecule has 0 fully saturated rings. The zero-order chi connectivity index (χ0) is 7.52. The fourth-order valence-corrected chi connectivity index (χ4v) is 0.856. The quantitative estimate of drug-likeness (QED) is 0.566. The van der Waals surface area contributed by atoms with Gasteiger partial charge in [0, 0.05) is 18.5 Å². The van der Waals surface area contributed by atoms with E-state index >= 15 is 0 Å². The topological polar surface area (TPSA) is 37.5 Å². The third-order valence-corrected chi connectivity index (χ3v) is 1.33. The van der Waals surface area contributed by atoms with Gasteiger partial charge >= 0.3 is 7.55 Å². The average Bonchev–Trinajstić information content (AvgIpc) is 2.60. The van der Waals surface area contributed by atoms with Crippen molar-refractivity contribution in [3.63, 3.8) is 0 Å². The summed E-state index contributed by atoms with van der Waals surface area (Å²) >= 11 is 0. The molecule has 0 unspecified atom stereocenters. The number of nitrogens with zero attached hydrogens (tertiary/aromatic N) is 3. The van der Waals surface area contributed by atoms with Gasteiger partial charge in [0.25, 0.3) is 0 Å². The lowest BCUT2D eigenvalue weighted by Crippen LogP contribution is -2.45. The summed E-state index contributed by atoms with van der Waals surface area (Å²) in [6, 6.07) is 3.79. The van der Waals surface area contributed by atoms with Gasteiger partial charge in [-0.25, -0.2) is 4.59 Å². The summed E-state index contributed by atoms with van der Waals surface area (Å²) < 4.78 is 3.53. The first-order valence-corrected chi connectivity index (χ1v) is 3.34. The van der Waals surface area contributed by atoms with E-state index in [-0.39, 0.29) is 0 Å². The van der Waals surface area contributed by atoms with E-state index in [1.165, 1.54) is 0 Å². The number of H-pyrrole nitrogens is 1. The Kier molecular flexibility index (Phi) is 1.48. The highest BCUT2D eigenvalue weighted by atomic mass is 15.3. The van der Waals surface area contributed by atoms with E-state index in [2.05, 4.69) is 10.2 Å². The minimum atomic E-state index is 1.72. The molecule has 11 heavy (non-hydrogen) atoms. The second kappa shape index (κ2) is 2.61. The largest absolute Gasteiger partial charge is 0.742 e. The van der Waals surface area contributed by atoms with Crippen molar-refractivity contribution in [2.75, 3.05) is 0 Å². The van der Waals surface area contributed by atoms with E-state index in [1.54, 1.807) is 10.8 Å². The second-order valence-corrected chi connectivity index (χ2v) is 2.15. The molecule has 2 aromatic rings. The Morgan fingerprint density at radius 1 is 1.45 bits per heavy atom. The molecule has 2 rings (SSSR count). The van der Waals surface area contributed by atoms with Crippen molar-refractivity contribution in [3.8, 4) is 0 Å². The van der Waals surface area contributed by atoms with Gasteiger partial charge in [0.05, 0.1) is 6.20 Å². The Labute approximate surface area is 64.7 Å². The third kappa shape index (κ3) is 1.31. The Morgan fingerprint density at radius 3 is 3.09 bits per heavy atom. The van der Waals surface area contributed by atoms with Crippen molar-refractivity contribution in [2.24, 2.45) is 0 Å². The molecule has 0 aliphatic rings. The molecule has 0 saturated carbocycles. The average molecular weight is 146 g/mol. The number of nitrogens with one attached hydrogen (secondary N) is 1. The fraction of sp³-hybridized carbons (Fsp3) is 0. The van der Waals surface area contributed by atoms with E-state index < -0.39 is 0 Å². The Hall–Kier alpha value is -1.52. The van der Waals surface area contributed by atoms with Crippen LogP contribution in [0.4, 0.5) is 0 Å². The predicted octanol–water partition coefficient (Wildman–Crippen LogP) is -0.571. The summed E-state index contributed by atoms with van der Waals surface area (Å²) in [6.07, 6.45) is 7.36. The van der Waals surface area contributed by atoms with Crippen LogP contribution in [-0.4, -0.2) is 22.3 Å². The van der Waals surface area contributed by atoms with Gasteiger partial charge in [-0.1, -0.05) is 0 Å². The van der Waals surface area contributed by atoms with Crippen molar-refractivity contribution in [2.45, 2.75) is 0 Å². The smallest absolute Gasteiger partial charge is 0.243 e. The highest BCUT2D eigenvalue weighted by molar-refractivity contribution is 6.21. The maximum Gasteiger partial charge on any atom is 0.742 e. The molecule has 5 heteroatoms. The van der Waals surface area contributed by atoms with Gasteiger partial charge in [-0.15, -0.1) is 0 Å². The summed E-state index contributed by atoms with van der Waals surface area (Å²) in [6.45, 7) is 0. The molecule has 1 N–H and O–H groups in total. The zero-order valence-electron chi connectivity index (χ0n) is 5.88. The van der Waals surface area contributed by atoms with Gasteiger partial charge in [0.15, 0.2) is 6.20 Å². The Bertz CT molecular complexity index is 267.